The molecule has 0 bridgehead atoms. The van der Waals surface area contributed by atoms with Crippen LogP contribution in [0.5, 0.6) is 0 Å². The Hall–Kier alpha value is -1.31. The van der Waals surface area contributed by atoms with Crippen molar-refractivity contribution in [1.29, 1.82) is 0 Å². The lowest BCUT2D eigenvalue weighted by Crippen LogP contribution is -2.02. The summed E-state index contributed by atoms with van der Waals surface area (Å²) < 4.78 is 0. The van der Waals surface area contributed by atoms with Crippen molar-refractivity contribution >= 4 is 5.97 Å². The summed E-state index contributed by atoms with van der Waals surface area (Å²) in [6, 6.07) is 7.65. The number of hydrogen-bond donors (Lipinski definition) is 1. The summed E-state index contributed by atoms with van der Waals surface area (Å²) in [6.45, 7) is 6.03. The summed E-state index contributed by atoms with van der Waals surface area (Å²) >= 11 is 0. The molecule has 1 aromatic rings. The zero-order valence-corrected chi connectivity index (χ0v) is 9.08. The van der Waals surface area contributed by atoms with E-state index in [2.05, 4.69) is 0 Å². The van der Waals surface area contributed by atoms with Crippen molar-refractivity contribution in [2.24, 2.45) is 0 Å². The Bertz CT molecular complexity index is 279. The molecule has 0 heterocycles. The minimum atomic E-state index is -0.768. The maximum atomic E-state index is 10.4. The highest BCUT2D eigenvalue weighted by atomic mass is 16.4. The van der Waals surface area contributed by atoms with Crippen LogP contribution in [0.1, 0.15) is 31.9 Å². The molecule has 2 heteroatoms. The maximum Gasteiger partial charge on any atom is 0.307 e. The van der Waals surface area contributed by atoms with Crippen molar-refractivity contribution in [3.8, 4) is 0 Å². The van der Waals surface area contributed by atoms with Crippen molar-refractivity contribution in [3.63, 3.8) is 0 Å². The number of rotatable bonds is 3. The second-order valence-electron chi connectivity index (χ2n) is 2.69. The molecule has 2 nitrogen and oxygen atoms in total. The van der Waals surface area contributed by atoms with Crippen molar-refractivity contribution in [2.75, 3.05) is 0 Å². The van der Waals surface area contributed by atoms with Gasteiger partial charge in [0.15, 0.2) is 0 Å². The van der Waals surface area contributed by atoms with Gasteiger partial charge in [-0.3, -0.25) is 4.79 Å². The lowest BCUT2D eigenvalue weighted by Gasteiger charge is -2.03. The molecule has 0 saturated carbocycles. The number of aliphatic carboxylic acids is 1. The number of carboxylic acids is 1. The van der Waals surface area contributed by atoms with Crippen LogP contribution in [0.2, 0.25) is 0 Å². The number of benzene rings is 1. The van der Waals surface area contributed by atoms with E-state index in [-0.39, 0.29) is 6.42 Å². The molecule has 1 N–H and O–H groups in total. The fourth-order valence-electron chi connectivity index (χ4n) is 1.24. The van der Waals surface area contributed by atoms with Crippen molar-refractivity contribution in [3.05, 3.63) is 35.4 Å². The van der Waals surface area contributed by atoms with Crippen molar-refractivity contribution in [1.82, 2.24) is 0 Å². The molecule has 14 heavy (non-hydrogen) atoms. The molecule has 0 aliphatic heterocycles. The first-order valence-corrected chi connectivity index (χ1v) is 5.02. The van der Waals surface area contributed by atoms with Gasteiger partial charge in [0.05, 0.1) is 6.42 Å². The Morgan fingerprint density at radius 3 is 2.14 bits per heavy atom. The molecule has 1 rings (SSSR count). The Labute approximate surface area is 85.6 Å². The van der Waals surface area contributed by atoms with Gasteiger partial charge in [-0.05, 0) is 17.5 Å². The van der Waals surface area contributed by atoms with E-state index in [1.165, 1.54) is 0 Å². The molecule has 0 radical (unpaired) electrons. The molecule has 0 amide bonds. The highest BCUT2D eigenvalue weighted by molar-refractivity contribution is 5.70. The van der Waals surface area contributed by atoms with Crippen molar-refractivity contribution in [2.45, 2.75) is 33.6 Å². The van der Waals surface area contributed by atoms with E-state index in [4.69, 9.17) is 5.11 Å². The minimum Gasteiger partial charge on any atom is -0.481 e. The van der Waals surface area contributed by atoms with Gasteiger partial charge in [-0.2, -0.15) is 0 Å². The van der Waals surface area contributed by atoms with Crippen LogP contribution in [0.4, 0.5) is 0 Å². The zero-order chi connectivity index (χ0) is 11.0. The molecule has 0 aliphatic carbocycles. The predicted molar refractivity (Wildman–Crippen MR) is 58.5 cm³/mol. The van der Waals surface area contributed by atoms with Crippen LogP contribution in [0.15, 0.2) is 24.3 Å². The number of carbonyl (C=O) groups is 1. The Balaban J connectivity index is 0.000000791. The lowest BCUT2D eigenvalue weighted by atomic mass is 10.0. The first kappa shape index (κ1) is 12.7. The average molecular weight is 194 g/mol. The second-order valence-corrected chi connectivity index (χ2v) is 2.69. The van der Waals surface area contributed by atoms with Gasteiger partial charge in [0.2, 0.25) is 0 Å². The molecule has 1 aromatic carbocycles. The van der Waals surface area contributed by atoms with Crippen LogP contribution in [0.3, 0.4) is 0 Å². The van der Waals surface area contributed by atoms with E-state index < -0.39 is 5.97 Å². The second kappa shape index (κ2) is 7.13. The number of aryl methyl sites for hydroxylation is 1. The van der Waals surface area contributed by atoms with E-state index in [0.717, 1.165) is 17.5 Å². The zero-order valence-electron chi connectivity index (χ0n) is 9.08. The first-order valence-electron chi connectivity index (χ1n) is 5.02. The smallest absolute Gasteiger partial charge is 0.307 e. The Morgan fingerprint density at radius 1 is 1.21 bits per heavy atom. The van der Waals surface area contributed by atoms with E-state index in [0.29, 0.717) is 0 Å². The topological polar surface area (TPSA) is 37.3 Å². The summed E-state index contributed by atoms with van der Waals surface area (Å²) in [5.41, 5.74) is 2.05. The maximum absolute atomic E-state index is 10.4. The van der Waals surface area contributed by atoms with Gasteiger partial charge in [-0.25, -0.2) is 0 Å². The highest BCUT2D eigenvalue weighted by Gasteiger charge is 2.03. The molecule has 0 spiro atoms. The molecule has 0 saturated heterocycles. The summed E-state index contributed by atoms with van der Waals surface area (Å²) in [4.78, 5) is 10.4. The van der Waals surface area contributed by atoms with Gasteiger partial charge in [0.25, 0.3) is 0 Å². The largest absolute Gasteiger partial charge is 0.481 e. The Morgan fingerprint density at radius 2 is 1.71 bits per heavy atom. The van der Waals surface area contributed by atoms with Gasteiger partial charge < -0.3 is 5.11 Å². The molecular formula is C12H18O2. The molecule has 0 aromatic heterocycles. The van der Waals surface area contributed by atoms with Gasteiger partial charge in [0, 0.05) is 0 Å². The number of hydrogen-bond acceptors (Lipinski definition) is 1. The van der Waals surface area contributed by atoms with Crippen LogP contribution >= 0.6 is 0 Å². The first-order chi connectivity index (χ1) is 6.74. The molecule has 0 atom stereocenters. The van der Waals surface area contributed by atoms with Crippen LogP contribution in [0, 0.1) is 0 Å². The van der Waals surface area contributed by atoms with Gasteiger partial charge >= 0.3 is 5.97 Å². The molecule has 0 aliphatic rings. The van der Waals surface area contributed by atoms with Gasteiger partial charge in [0.1, 0.15) is 0 Å². The summed E-state index contributed by atoms with van der Waals surface area (Å²) in [5, 5.41) is 8.59. The number of carboxylic acid groups (broad SMARTS) is 1. The molecule has 0 unspecified atom stereocenters. The fraction of sp³-hybridized carbons (Fsp3) is 0.417. The molecule has 78 valence electrons. The van der Waals surface area contributed by atoms with E-state index in [1.807, 2.05) is 45.0 Å². The SMILES string of the molecule is CC.CCc1ccccc1CC(=O)O. The van der Waals surface area contributed by atoms with Crippen LogP contribution < -0.4 is 0 Å². The van der Waals surface area contributed by atoms with Crippen LogP contribution in [-0.4, -0.2) is 11.1 Å². The monoisotopic (exact) mass is 194 g/mol. The van der Waals surface area contributed by atoms with E-state index >= 15 is 0 Å². The third kappa shape index (κ3) is 4.08. The van der Waals surface area contributed by atoms with Gasteiger partial charge in [-0.15, -0.1) is 0 Å². The fourth-order valence-corrected chi connectivity index (χ4v) is 1.24. The molecule has 0 fully saturated rings. The highest BCUT2D eigenvalue weighted by Crippen LogP contribution is 2.09. The van der Waals surface area contributed by atoms with Gasteiger partial charge in [-0.1, -0.05) is 45.0 Å². The predicted octanol–water partition coefficient (Wildman–Crippen LogP) is 2.90. The third-order valence-corrected chi connectivity index (χ3v) is 1.84. The standard InChI is InChI=1S/C10H12O2.C2H6/c1-2-8-5-3-4-6-9(8)7-10(11)12;1-2/h3-6H,2,7H2,1H3,(H,11,12);1-2H3. The minimum absolute atomic E-state index is 0.129. The van der Waals surface area contributed by atoms with Crippen LogP contribution in [0.25, 0.3) is 0 Å². The lowest BCUT2D eigenvalue weighted by molar-refractivity contribution is -0.136. The summed E-state index contributed by atoms with van der Waals surface area (Å²) in [7, 11) is 0. The third-order valence-electron chi connectivity index (χ3n) is 1.84. The van der Waals surface area contributed by atoms with E-state index in [9.17, 15) is 4.79 Å². The quantitative estimate of drug-likeness (QED) is 0.803. The average Bonchev–Trinajstić information content (AvgIpc) is 2.21. The summed E-state index contributed by atoms with van der Waals surface area (Å²) in [6.07, 6.45) is 1.02. The van der Waals surface area contributed by atoms with Crippen LogP contribution in [-0.2, 0) is 17.6 Å². The molecular weight excluding hydrogens is 176 g/mol. The van der Waals surface area contributed by atoms with Crippen molar-refractivity contribution < 1.29 is 9.90 Å². The Kier molecular flexibility index (Phi) is 6.46. The van der Waals surface area contributed by atoms with E-state index in [1.54, 1.807) is 0 Å². The summed E-state index contributed by atoms with van der Waals surface area (Å²) in [5.74, 6) is -0.768. The normalized spacial score (nSPS) is 8.79.